The molecule has 0 atom stereocenters. The van der Waals surface area contributed by atoms with Crippen LogP contribution in [0.4, 0.5) is 0 Å². The van der Waals surface area contributed by atoms with Gasteiger partial charge in [-0.3, -0.25) is 9.59 Å². The van der Waals surface area contributed by atoms with Crippen molar-refractivity contribution in [2.75, 3.05) is 13.2 Å². The number of benzene rings is 2. The van der Waals surface area contributed by atoms with Crippen molar-refractivity contribution in [2.24, 2.45) is 10.8 Å². The van der Waals surface area contributed by atoms with E-state index >= 15 is 0 Å². The molecule has 2 aromatic carbocycles. The van der Waals surface area contributed by atoms with Crippen LogP contribution in [-0.2, 0) is 37.3 Å². The summed E-state index contributed by atoms with van der Waals surface area (Å²) in [5.74, 6) is -0.262. The van der Waals surface area contributed by atoms with Crippen LogP contribution in [0, 0.1) is 10.8 Å². The summed E-state index contributed by atoms with van der Waals surface area (Å²) in [5, 5.41) is 0. The summed E-state index contributed by atoms with van der Waals surface area (Å²) in [5.41, 5.74) is 4.87. The van der Waals surface area contributed by atoms with Gasteiger partial charge in [-0.15, -0.1) is 0 Å². The average molecular weight is 521 g/mol. The van der Waals surface area contributed by atoms with Crippen LogP contribution >= 0.6 is 0 Å². The molecule has 0 fully saturated rings. The fraction of sp³-hybridized carbons (Fsp3) is 0.588. The minimum Gasteiger partial charge on any atom is -0.465 e. The Labute approximate surface area is 230 Å². The molecule has 0 unspecified atom stereocenters. The number of hydrogen-bond donors (Lipinski definition) is 0. The molecule has 0 saturated carbocycles. The molecule has 1 aliphatic rings. The molecule has 0 aromatic heterocycles. The molecule has 1 aliphatic carbocycles. The Balaban J connectivity index is 1.67. The van der Waals surface area contributed by atoms with Crippen LogP contribution in [0.5, 0.6) is 0 Å². The summed E-state index contributed by atoms with van der Waals surface area (Å²) in [7, 11) is 0. The van der Waals surface area contributed by atoms with Crippen LogP contribution in [-0.4, -0.2) is 25.2 Å². The fourth-order valence-corrected chi connectivity index (χ4v) is 5.32. The topological polar surface area (TPSA) is 52.6 Å². The fourth-order valence-electron chi connectivity index (χ4n) is 5.32. The van der Waals surface area contributed by atoms with Crippen molar-refractivity contribution in [1.82, 2.24) is 0 Å². The third kappa shape index (κ3) is 8.44. The molecular weight excluding hydrogens is 472 g/mol. The predicted octanol–water partition coefficient (Wildman–Crippen LogP) is 7.98. The summed E-state index contributed by atoms with van der Waals surface area (Å²) in [6.45, 7) is 12.3. The number of carbonyl (C=O) groups excluding carboxylic acids is 2. The molecule has 4 heteroatoms. The largest absolute Gasteiger partial charge is 0.465 e. The van der Waals surface area contributed by atoms with Crippen molar-refractivity contribution in [2.45, 2.75) is 105 Å². The molecule has 0 saturated heterocycles. The first-order valence-corrected chi connectivity index (χ1v) is 14.4. The van der Waals surface area contributed by atoms with Crippen LogP contribution in [0.15, 0.2) is 48.5 Å². The van der Waals surface area contributed by atoms with Crippen molar-refractivity contribution in [3.8, 4) is 0 Å². The second-order valence-electron chi connectivity index (χ2n) is 13.1. The first kappa shape index (κ1) is 29.9. The van der Waals surface area contributed by atoms with E-state index < -0.39 is 10.8 Å². The number of fused-ring (bicyclic) bond motifs is 1. The maximum Gasteiger partial charge on any atom is 0.311 e. The second-order valence-corrected chi connectivity index (χ2v) is 13.1. The van der Waals surface area contributed by atoms with Gasteiger partial charge in [0.05, 0.1) is 24.0 Å². The molecule has 0 bridgehead atoms. The van der Waals surface area contributed by atoms with Gasteiger partial charge in [-0.05, 0) is 127 Å². The molecule has 0 aliphatic heterocycles. The number of hydrogen-bond acceptors (Lipinski definition) is 4. The quantitative estimate of drug-likeness (QED) is 0.210. The highest BCUT2D eigenvalue weighted by molar-refractivity contribution is 5.75. The first-order chi connectivity index (χ1) is 17.9. The molecule has 0 N–H and O–H groups in total. The lowest BCUT2D eigenvalue weighted by molar-refractivity contribution is -0.153. The highest BCUT2D eigenvalue weighted by Gasteiger charge is 2.38. The van der Waals surface area contributed by atoms with Crippen LogP contribution < -0.4 is 0 Å². The van der Waals surface area contributed by atoms with Crippen LogP contribution in [0.2, 0.25) is 0 Å². The molecular formula is C34H48O4. The van der Waals surface area contributed by atoms with Gasteiger partial charge in [0, 0.05) is 0 Å². The lowest BCUT2D eigenvalue weighted by Gasteiger charge is -2.31. The van der Waals surface area contributed by atoms with E-state index in [0.29, 0.717) is 13.2 Å². The summed E-state index contributed by atoms with van der Waals surface area (Å²) < 4.78 is 11.1. The van der Waals surface area contributed by atoms with Crippen LogP contribution in [0.1, 0.15) is 109 Å². The van der Waals surface area contributed by atoms with Gasteiger partial charge in [-0.1, -0.05) is 48.5 Å². The van der Waals surface area contributed by atoms with E-state index in [1.807, 2.05) is 41.5 Å². The van der Waals surface area contributed by atoms with Gasteiger partial charge in [-0.2, -0.15) is 0 Å². The van der Waals surface area contributed by atoms with Gasteiger partial charge in [-0.25, -0.2) is 0 Å². The van der Waals surface area contributed by atoms with Crippen LogP contribution in [0.25, 0.3) is 0 Å². The van der Waals surface area contributed by atoms with Gasteiger partial charge in [0.2, 0.25) is 0 Å². The van der Waals surface area contributed by atoms with E-state index in [9.17, 15) is 9.59 Å². The maximum atomic E-state index is 12.2. The van der Waals surface area contributed by atoms with Crippen LogP contribution in [0.3, 0.4) is 0 Å². The number of ether oxygens (including phenoxy) is 2. The first-order valence-electron chi connectivity index (χ1n) is 14.4. The van der Waals surface area contributed by atoms with Crippen molar-refractivity contribution >= 4 is 11.9 Å². The zero-order chi connectivity index (χ0) is 27.8. The maximum absolute atomic E-state index is 12.2. The molecule has 0 spiro atoms. The van der Waals surface area contributed by atoms with E-state index in [1.165, 1.54) is 22.3 Å². The average Bonchev–Trinajstić information content (AvgIpc) is 3.20. The van der Waals surface area contributed by atoms with Crippen molar-refractivity contribution in [3.05, 3.63) is 70.8 Å². The monoisotopic (exact) mass is 520 g/mol. The normalized spacial score (nSPS) is 14.7. The minimum absolute atomic E-state index is 0.129. The summed E-state index contributed by atoms with van der Waals surface area (Å²) in [6, 6.07) is 17.7. The second kappa shape index (κ2) is 13.0. The highest BCUT2D eigenvalue weighted by Crippen LogP contribution is 2.46. The zero-order valence-electron chi connectivity index (χ0n) is 24.5. The number of carbonyl (C=O) groups is 2. The van der Waals surface area contributed by atoms with Gasteiger partial charge in [0.15, 0.2) is 0 Å². The third-order valence-corrected chi connectivity index (χ3v) is 7.66. The standard InChI is InChI=1S/C34H48O4/c1-32(2,3)30(35)37-22-12-10-19-34(20-11-13-23-38-31(36)33(4,5)6)21-18-28-17-16-27(25-29(28)34)24-26-14-8-7-9-15-26/h7-9,14-17,25H,10-13,18-24H2,1-6H3. The van der Waals surface area contributed by atoms with E-state index in [4.69, 9.17) is 9.47 Å². The predicted molar refractivity (Wildman–Crippen MR) is 154 cm³/mol. The Morgan fingerprint density at radius 1 is 0.737 bits per heavy atom. The van der Waals surface area contributed by atoms with Crippen molar-refractivity contribution in [1.29, 1.82) is 0 Å². The summed E-state index contributed by atoms with van der Waals surface area (Å²) in [6.07, 6.45) is 9.19. The SMILES string of the molecule is CC(C)(C)C(=O)OCCCCC1(CCCCOC(=O)C(C)(C)C)CCc2ccc(Cc3ccccc3)cc21. The Morgan fingerprint density at radius 3 is 1.82 bits per heavy atom. The Morgan fingerprint density at radius 2 is 1.29 bits per heavy atom. The molecule has 4 nitrogen and oxygen atoms in total. The summed E-state index contributed by atoms with van der Waals surface area (Å²) in [4.78, 5) is 24.3. The van der Waals surface area contributed by atoms with E-state index in [2.05, 4.69) is 48.5 Å². The van der Waals surface area contributed by atoms with Gasteiger partial charge < -0.3 is 9.47 Å². The molecule has 208 valence electrons. The van der Waals surface area contributed by atoms with E-state index in [-0.39, 0.29) is 17.4 Å². The van der Waals surface area contributed by atoms with E-state index in [1.54, 1.807) is 0 Å². The number of unbranched alkanes of at least 4 members (excludes halogenated alkanes) is 2. The lowest BCUT2D eigenvalue weighted by Crippen LogP contribution is -2.25. The molecule has 0 heterocycles. The smallest absolute Gasteiger partial charge is 0.311 e. The van der Waals surface area contributed by atoms with Gasteiger partial charge >= 0.3 is 11.9 Å². The Kier molecular flexibility index (Phi) is 10.2. The van der Waals surface area contributed by atoms with Crippen molar-refractivity contribution in [3.63, 3.8) is 0 Å². The highest BCUT2D eigenvalue weighted by atomic mass is 16.5. The molecule has 38 heavy (non-hydrogen) atoms. The molecule has 0 radical (unpaired) electrons. The van der Waals surface area contributed by atoms with Gasteiger partial charge in [0.25, 0.3) is 0 Å². The molecule has 0 amide bonds. The molecule has 3 rings (SSSR count). The summed E-state index contributed by atoms with van der Waals surface area (Å²) >= 11 is 0. The number of rotatable bonds is 12. The van der Waals surface area contributed by atoms with E-state index in [0.717, 1.165) is 57.8 Å². The van der Waals surface area contributed by atoms with Crippen molar-refractivity contribution < 1.29 is 19.1 Å². The zero-order valence-corrected chi connectivity index (χ0v) is 24.5. The third-order valence-electron chi connectivity index (χ3n) is 7.66. The number of esters is 2. The Bertz CT molecular complexity index is 1020. The number of aryl methyl sites for hydroxylation is 1. The lowest BCUT2D eigenvalue weighted by atomic mass is 9.73. The molecule has 2 aromatic rings. The Hall–Kier alpha value is -2.62. The minimum atomic E-state index is -0.461. The van der Waals surface area contributed by atoms with Gasteiger partial charge in [0.1, 0.15) is 0 Å².